The lowest BCUT2D eigenvalue weighted by Gasteiger charge is -2.35. The van der Waals surface area contributed by atoms with Crippen LogP contribution in [0, 0.1) is 0 Å². The molecule has 0 aromatic carbocycles. The first-order valence-electron chi connectivity index (χ1n) is 9.09. The molecule has 3 aromatic heterocycles. The first-order valence-corrected chi connectivity index (χ1v) is 9.97. The van der Waals surface area contributed by atoms with E-state index < -0.39 is 0 Å². The van der Waals surface area contributed by atoms with Gasteiger partial charge in [0.2, 0.25) is 5.89 Å². The minimum absolute atomic E-state index is 0.0135. The molecule has 7 nitrogen and oxygen atoms in total. The van der Waals surface area contributed by atoms with Crippen molar-refractivity contribution in [2.75, 3.05) is 6.54 Å². The van der Waals surface area contributed by atoms with Crippen LogP contribution in [0.5, 0.6) is 0 Å². The summed E-state index contributed by atoms with van der Waals surface area (Å²) >= 11 is 1.65. The van der Waals surface area contributed by atoms with Crippen LogP contribution >= 0.6 is 11.3 Å². The molecular weight excluding hydrogens is 362 g/mol. The fraction of sp³-hybridized carbons (Fsp3) is 0.368. The molecule has 140 valence electrons. The quantitative estimate of drug-likeness (QED) is 0.728. The van der Waals surface area contributed by atoms with Crippen molar-refractivity contribution in [3.63, 3.8) is 0 Å². The molecule has 2 amide bonds. The number of carbonyl (C=O) groups excluding carboxylic acids is 1. The van der Waals surface area contributed by atoms with Gasteiger partial charge in [0, 0.05) is 17.6 Å². The van der Waals surface area contributed by atoms with Gasteiger partial charge in [0.25, 0.3) is 0 Å². The average molecular weight is 383 g/mol. The highest BCUT2D eigenvalue weighted by molar-refractivity contribution is 7.09. The van der Waals surface area contributed by atoms with Crippen molar-refractivity contribution >= 4 is 17.4 Å². The van der Waals surface area contributed by atoms with Gasteiger partial charge < -0.3 is 14.7 Å². The van der Waals surface area contributed by atoms with Crippen LogP contribution in [0.15, 0.2) is 46.4 Å². The predicted octanol–water partition coefficient (Wildman–Crippen LogP) is 3.55. The van der Waals surface area contributed by atoms with Gasteiger partial charge in [0.15, 0.2) is 5.82 Å². The molecule has 8 heteroatoms. The Labute approximate surface area is 161 Å². The molecule has 27 heavy (non-hydrogen) atoms. The highest BCUT2D eigenvalue weighted by Crippen LogP contribution is 2.29. The van der Waals surface area contributed by atoms with E-state index in [4.69, 9.17) is 4.52 Å². The Hall–Kier alpha value is -2.74. The van der Waals surface area contributed by atoms with Crippen LogP contribution in [0.1, 0.15) is 47.6 Å². The van der Waals surface area contributed by atoms with Gasteiger partial charge in [0.1, 0.15) is 0 Å². The molecule has 0 saturated carbocycles. The third-order valence-corrected chi connectivity index (χ3v) is 5.48. The molecule has 0 spiro atoms. The number of nitrogens with zero attached hydrogens (tertiary/aromatic N) is 4. The summed E-state index contributed by atoms with van der Waals surface area (Å²) in [6, 6.07) is 9.75. The summed E-state index contributed by atoms with van der Waals surface area (Å²) in [5, 5.41) is 8.90. The molecule has 4 rings (SSSR count). The van der Waals surface area contributed by atoms with Gasteiger partial charge in [-0.1, -0.05) is 17.3 Å². The fourth-order valence-electron chi connectivity index (χ4n) is 3.31. The van der Waals surface area contributed by atoms with Crippen LogP contribution in [0.2, 0.25) is 0 Å². The van der Waals surface area contributed by atoms with Crippen molar-refractivity contribution in [2.45, 2.75) is 38.3 Å². The summed E-state index contributed by atoms with van der Waals surface area (Å²) in [6.07, 6.45) is 5.42. The standard InChI is InChI=1S/C19H21N5O2S/c25-19(24-10-4-2-8-16(24)15-7-1-3-9-20-15)21-13-17-22-18(26-23-17)12-14-6-5-11-27-14/h1,3,5-7,9,11,16H,2,4,8,10,12-13H2,(H,21,25). The van der Waals surface area contributed by atoms with Crippen LogP contribution in [0.3, 0.4) is 0 Å². The predicted molar refractivity (Wildman–Crippen MR) is 101 cm³/mol. The zero-order valence-corrected chi connectivity index (χ0v) is 15.7. The molecule has 1 N–H and O–H groups in total. The third kappa shape index (κ3) is 4.33. The van der Waals surface area contributed by atoms with Gasteiger partial charge in [-0.2, -0.15) is 4.98 Å². The molecule has 1 aliphatic heterocycles. The number of carbonyl (C=O) groups is 1. The summed E-state index contributed by atoms with van der Waals surface area (Å²) in [7, 11) is 0. The number of amides is 2. The fourth-order valence-corrected chi connectivity index (χ4v) is 4.00. The van der Waals surface area contributed by atoms with E-state index in [2.05, 4.69) is 20.4 Å². The lowest BCUT2D eigenvalue weighted by molar-refractivity contribution is 0.149. The summed E-state index contributed by atoms with van der Waals surface area (Å²) in [5.74, 6) is 1.05. The van der Waals surface area contributed by atoms with Crippen molar-refractivity contribution in [2.24, 2.45) is 0 Å². The monoisotopic (exact) mass is 383 g/mol. The zero-order valence-electron chi connectivity index (χ0n) is 14.9. The van der Waals surface area contributed by atoms with Crippen LogP contribution in [0.25, 0.3) is 0 Å². The molecule has 0 bridgehead atoms. The number of nitrogens with one attached hydrogen (secondary N) is 1. The molecule has 1 unspecified atom stereocenters. The first kappa shape index (κ1) is 17.7. The summed E-state index contributed by atoms with van der Waals surface area (Å²) in [6.45, 7) is 0.973. The minimum atomic E-state index is -0.116. The summed E-state index contributed by atoms with van der Waals surface area (Å²) in [5.41, 5.74) is 0.935. The van der Waals surface area contributed by atoms with E-state index in [1.807, 2.05) is 40.6 Å². The molecule has 0 radical (unpaired) electrons. The Morgan fingerprint density at radius 3 is 3.07 bits per heavy atom. The van der Waals surface area contributed by atoms with Gasteiger partial charge in [-0.25, -0.2) is 4.79 Å². The highest BCUT2D eigenvalue weighted by Gasteiger charge is 2.28. The molecule has 1 atom stereocenters. The highest BCUT2D eigenvalue weighted by atomic mass is 32.1. The van der Waals surface area contributed by atoms with Crippen molar-refractivity contribution in [1.29, 1.82) is 0 Å². The Balaban J connectivity index is 1.36. The number of likely N-dealkylation sites (tertiary alicyclic amines) is 1. The minimum Gasteiger partial charge on any atom is -0.339 e. The normalized spacial score (nSPS) is 17.0. The maximum atomic E-state index is 12.7. The summed E-state index contributed by atoms with van der Waals surface area (Å²) in [4.78, 5) is 24.5. The molecular formula is C19H21N5O2S. The van der Waals surface area contributed by atoms with Gasteiger partial charge in [-0.3, -0.25) is 4.98 Å². The largest absolute Gasteiger partial charge is 0.339 e. The van der Waals surface area contributed by atoms with Crippen LogP contribution in [0.4, 0.5) is 4.79 Å². The van der Waals surface area contributed by atoms with Crippen molar-refractivity contribution in [3.8, 4) is 0 Å². The number of hydrogen-bond donors (Lipinski definition) is 1. The van der Waals surface area contributed by atoms with Gasteiger partial charge in [0.05, 0.1) is 24.7 Å². The lowest BCUT2D eigenvalue weighted by Crippen LogP contribution is -2.44. The van der Waals surface area contributed by atoms with Crippen molar-refractivity contribution < 1.29 is 9.32 Å². The van der Waals surface area contributed by atoms with E-state index in [1.165, 1.54) is 4.88 Å². The maximum Gasteiger partial charge on any atom is 0.318 e. The Morgan fingerprint density at radius 2 is 2.26 bits per heavy atom. The van der Waals surface area contributed by atoms with E-state index in [0.29, 0.717) is 18.1 Å². The van der Waals surface area contributed by atoms with Gasteiger partial charge >= 0.3 is 6.03 Å². The van der Waals surface area contributed by atoms with Crippen LogP contribution in [-0.4, -0.2) is 32.6 Å². The number of piperidine rings is 1. The second-order valence-corrected chi connectivity index (χ2v) is 7.51. The Morgan fingerprint density at radius 1 is 1.30 bits per heavy atom. The number of hydrogen-bond acceptors (Lipinski definition) is 6. The number of urea groups is 1. The number of rotatable bonds is 5. The molecule has 0 aliphatic carbocycles. The molecule has 1 aliphatic rings. The number of pyridine rings is 1. The molecule has 1 fully saturated rings. The molecule has 4 heterocycles. The molecule has 1 saturated heterocycles. The van der Waals surface area contributed by atoms with Crippen molar-refractivity contribution in [3.05, 3.63) is 64.2 Å². The number of thiophene rings is 1. The van der Waals surface area contributed by atoms with E-state index in [9.17, 15) is 4.79 Å². The summed E-state index contributed by atoms with van der Waals surface area (Å²) < 4.78 is 5.28. The van der Waals surface area contributed by atoms with Gasteiger partial charge in [-0.05, 0) is 42.8 Å². The lowest BCUT2D eigenvalue weighted by atomic mass is 9.99. The smallest absolute Gasteiger partial charge is 0.318 e. The van der Waals surface area contributed by atoms with Crippen LogP contribution in [-0.2, 0) is 13.0 Å². The maximum absolute atomic E-state index is 12.7. The average Bonchev–Trinajstić information content (AvgIpc) is 3.39. The first-order chi connectivity index (χ1) is 13.3. The van der Waals surface area contributed by atoms with E-state index in [-0.39, 0.29) is 18.6 Å². The Bertz CT molecular complexity index is 865. The van der Waals surface area contributed by atoms with Crippen LogP contribution < -0.4 is 5.32 Å². The zero-order chi connectivity index (χ0) is 18.5. The topological polar surface area (TPSA) is 84.2 Å². The van der Waals surface area contributed by atoms with E-state index in [1.54, 1.807) is 17.5 Å². The third-order valence-electron chi connectivity index (χ3n) is 4.61. The van der Waals surface area contributed by atoms with E-state index in [0.717, 1.165) is 31.5 Å². The van der Waals surface area contributed by atoms with Gasteiger partial charge in [-0.15, -0.1) is 11.3 Å². The Kier molecular flexibility index (Phi) is 5.43. The second kappa shape index (κ2) is 8.30. The van der Waals surface area contributed by atoms with Crippen molar-refractivity contribution in [1.82, 2.24) is 25.3 Å². The second-order valence-electron chi connectivity index (χ2n) is 6.48. The SMILES string of the molecule is O=C(NCc1noc(Cc2cccs2)n1)N1CCCCC1c1ccccn1. The van der Waals surface area contributed by atoms with E-state index >= 15 is 0 Å². The number of aromatic nitrogens is 3. The molecule has 3 aromatic rings.